The van der Waals surface area contributed by atoms with Crippen molar-refractivity contribution in [3.05, 3.63) is 76.6 Å². The molecule has 1 N–H and O–H groups in total. The number of likely N-dealkylation sites (tertiary alicyclic amines) is 1. The van der Waals surface area contributed by atoms with Crippen molar-refractivity contribution in [3.8, 4) is 21.9 Å². The number of thiophene rings is 1. The number of nitrogens with zero attached hydrogens (tertiary/aromatic N) is 1. The molecule has 0 bridgehead atoms. The Morgan fingerprint density at radius 1 is 1.17 bits per heavy atom. The van der Waals surface area contributed by atoms with Gasteiger partial charge in [-0.3, -0.25) is 4.79 Å². The van der Waals surface area contributed by atoms with Gasteiger partial charge in [0.25, 0.3) is 5.91 Å². The summed E-state index contributed by atoms with van der Waals surface area (Å²) in [7, 11) is -2.89. The van der Waals surface area contributed by atoms with E-state index in [9.17, 15) is 18.3 Å². The summed E-state index contributed by atoms with van der Waals surface area (Å²) in [6.45, 7) is 1.15. The molecule has 1 amide bonds. The van der Waals surface area contributed by atoms with Gasteiger partial charge in [-0.25, -0.2) is 12.8 Å². The van der Waals surface area contributed by atoms with E-state index in [0.29, 0.717) is 18.0 Å². The number of amides is 1. The molecule has 0 saturated carbocycles. The van der Waals surface area contributed by atoms with Crippen molar-refractivity contribution in [3.63, 3.8) is 0 Å². The zero-order chi connectivity index (χ0) is 25.6. The van der Waals surface area contributed by atoms with E-state index in [-0.39, 0.29) is 33.4 Å². The van der Waals surface area contributed by atoms with E-state index >= 15 is 4.39 Å². The lowest BCUT2D eigenvalue weighted by atomic mass is 10.1. The fraction of sp³-hybridized carbons (Fsp3) is 0.192. The van der Waals surface area contributed by atoms with Crippen LogP contribution in [0.15, 0.2) is 59.5 Å². The van der Waals surface area contributed by atoms with E-state index in [1.165, 1.54) is 30.6 Å². The fourth-order valence-corrected chi connectivity index (χ4v) is 6.98. The van der Waals surface area contributed by atoms with Crippen LogP contribution in [0, 0.1) is 5.82 Å². The van der Waals surface area contributed by atoms with Crippen LogP contribution in [0.3, 0.4) is 0 Å². The molecular weight excluding hydrogens is 525 g/mol. The van der Waals surface area contributed by atoms with Crippen molar-refractivity contribution in [2.24, 2.45) is 0 Å². The number of ether oxygens (including phenoxy) is 1. The third kappa shape index (κ3) is 4.42. The number of carbonyl (C=O) groups excluding carboxylic acids is 1. The first-order valence-corrected chi connectivity index (χ1v) is 13.9. The third-order valence-electron chi connectivity index (χ3n) is 6.16. The molecule has 10 heteroatoms. The van der Waals surface area contributed by atoms with Gasteiger partial charge in [0.1, 0.15) is 16.5 Å². The van der Waals surface area contributed by atoms with Gasteiger partial charge in [-0.05, 0) is 42.1 Å². The Morgan fingerprint density at radius 3 is 2.58 bits per heavy atom. The lowest BCUT2D eigenvalue weighted by molar-refractivity contribution is 0.0651. The molecule has 3 aromatic carbocycles. The molecule has 0 atom stereocenters. The number of hydrogen-bond donors (Lipinski definition) is 1. The minimum atomic E-state index is -4.21. The Balaban J connectivity index is 1.56. The number of benzene rings is 3. The van der Waals surface area contributed by atoms with E-state index in [4.69, 9.17) is 16.3 Å². The van der Waals surface area contributed by atoms with Crippen molar-refractivity contribution < 1.29 is 27.4 Å². The first-order chi connectivity index (χ1) is 17.2. The first-order valence-electron chi connectivity index (χ1n) is 11.1. The van der Waals surface area contributed by atoms with Crippen LogP contribution in [-0.2, 0) is 15.6 Å². The van der Waals surface area contributed by atoms with Crippen LogP contribution in [0.1, 0.15) is 22.3 Å². The van der Waals surface area contributed by atoms with Gasteiger partial charge < -0.3 is 14.7 Å². The van der Waals surface area contributed by atoms with Gasteiger partial charge in [0.15, 0.2) is 15.6 Å². The minimum Gasteiger partial charge on any atom is -0.505 e. The van der Waals surface area contributed by atoms with E-state index < -0.39 is 32.1 Å². The van der Waals surface area contributed by atoms with Gasteiger partial charge in [0, 0.05) is 45.4 Å². The van der Waals surface area contributed by atoms with Crippen molar-refractivity contribution in [2.45, 2.75) is 17.1 Å². The zero-order valence-corrected chi connectivity index (χ0v) is 21.5. The van der Waals surface area contributed by atoms with E-state index in [1.807, 2.05) is 30.3 Å². The van der Waals surface area contributed by atoms with Gasteiger partial charge in [0.05, 0.1) is 17.9 Å². The number of sulfone groups is 1. The zero-order valence-electron chi connectivity index (χ0n) is 19.1. The second kappa shape index (κ2) is 9.38. The largest absolute Gasteiger partial charge is 0.505 e. The van der Waals surface area contributed by atoms with Crippen LogP contribution in [0.4, 0.5) is 4.39 Å². The Labute approximate surface area is 216 Å². The smallest absolute Gasteiger partial charge is 0.253 e. The summed E-state index contributed by atoms with van der Waals surface area (Å²) in [6.07, 6.45) is 0.870. The molecule has 36 heavy (non-hydrogen) atoms. The highest BCUT2D eigenvalue weighted by Gasteiger charge is 2.29. The molecule has 1 aliphatic rings. The number of rotatable bonds is 6. The molecule has 0 aliphatic carbocycles. The standard InChI is InChI=1S/C26H21ClFNO5S2/c1-34-21-13-20(28)18(23-11-15-5-2-3-6-22(15)35-23)9-17(21)14-36(32,33)24-12-16(10-19(27)25(24)30)26(31)29-7-4-8-29/h2-3,5-6,9-13,30H,4,7-8,14H2,1H3. The number of carbonyl (C=O) groups is 1. The number of phenolic OH excluding ortho intramolecular Hbond substituents is 1. The molecular formula is C26H21ClFNO5S2. The predicted octanol–water partition coefficient (Wildman–Crippen LogP) is 5.89. The van der Waals surface area contributed by atoms with Crippen LogP contribution in [0.5, 0.6) is 11.5 Å². The molecule has 0 spiro atoms. The summed E-state index contributed by atoms with van der Waals surface area (Å²) in [4.78, 5) is 14.4. The molecule has 4 aromatic rings. The van der Waals surface area contributed by atoms with Gasteiger partial charge in [-0.2, -0.15) is 0 Å². The number of hydrogen-bond acceptors (Lipinski definition) is 6. The molecule has 1 aromatic heterocycles. The first kappa shape index (κ1) is 24.5. The summed E-state index contributed by atoms with van der Waals surface area (Å²) < 4.78 is 48.2. The predicted molar refractivity (Wildman–Crippen MR) is 138 cm³/mol. The fourth-order valence-electron chi connectivity index (χ4n) is 4.12. The summed E-state index contributed by atoms with van der Waals surface area (Å²) >= 11 is 7.49. The normalized spacial score (nSPS) is 13.6. The molecule has 1 saturated heterocycles. The number of halogens is 2. The maximum absolute atomic E-state index is 15.0. The van der Waals surface area contributed by atoms with Gasteiger partial charge in [-0.15, -0.1) is 11.3 Å². The lowest BCUT2D eigenvalue weighted by Crippen LogP contribution is -2.42. The summed E-state index contributed by atoms with van der Waals surface area (Å²) in [5.41, 5.74) is 0.528. The third-order valence-corrected chi connectivity index (χ3v) is 9.27. The minimum absolute atomic E-state index is 0.0549. The maximum Gasteiger partial charge on any atom is 0.253 e. The summed E-state index contributed by atoms with van der Waals surface area (Å²) in [5, 5.41) is 11.2. The van der Waals surface area contributed by atoms with Crippen LogP contribution >= 0.6 is 22.9 Å². The quantitative estimate of drug-likeness (QED) is 0.326. The van der Waals surface area contributed by atoms with Crippen molar-refractivity contribution in [1.82, 2.24) is 4.90 Å². The van der Waals surface area contributed by atoms with E-state index in [1.54, 1.807) is 4.90 Å². The maximum atomic E-state index is 15.0. The lowest BCUT2D eigenvalue weighted by Gasteiger charge is -2.31. The number of phenols is 1. The van der Waals surface area contributed by atoms with E-state index in [0.717, 1.165) is 28.6 Å². The molecule has 1 aliphatic heterocycles. The SMILES string of the molecule is COc1cc(F)c(-c2cc3ccccc3s2)cc1CS(=O)(=O)c1cc(C(=O)N2CCC2)cc(Cl)c1O. The average Bonchev–Trinajstić information content (AvgIpc) is 3.24. The van der Waals surface area contributed by atoms with Gasteiger partial charge >= 0.3 is 0 Å². The molecule has 186 valence electrons. The number of aromatic hydroxyl groups is 1. The number of methoxy groups -OCH3 is 1. The highest BCUT2D eigenvalue weighted by atomic mass is 35.5. The van der Waals surface area contributed by atoms with Crippen LogP contribution < -0.4 is 4.74 Å². The summed E-state index contributed by atoms with van der Waals surface area (Å²) in [5.74, 6) is -2.08. The molecule has 0 radical (unpaired) electrons. The molecule has 5 rings (SSSR count). The van der Waals surface area contributed by atoms with Crippen LogP contribution in [0.2, 0.25) is 5.02 Å². The van der Waals surface area contributed by atoms with Crippen molar-refractivity contribution in [1.29, 1.82) is 0 Å². The number of fused-ring (bicyclic) bond motifs is 1. The monoisotopic (exact) mass is 545 g/mol. The second-order valence-corrected chi connectivity index (χ2v) is 12.0. The average molecular weight is 546 g/mol. The Morgan fingerprint density at radius 2 is 1.92 bits per heavy atom. The van der Waals surface area contributed by atoms with Crippen LogP contribution in [-0.4, -0.2) is 44.5 Å². The highest BCUT2D eigenvalue weighted by molar-refractivity contribution is 7.90. The molecule has 6 nitrogen and oxygen atoms in total. The van der Waals surface area contributed by atoms with Crippen molar-refractivity contribution in [2.75, 3.05) is 20.2 Å². The Bertz CT molecular complexity index is 1580. The second-order valence-electron chi connectivity index (χ2n) is 8.50. The Hall–Kier alpha value is -3.14. The molecule has 2 heterocycles. The van der Waals surface area contributed by atoms with Gasteiger partial charge in [0.2, 0.25) is 0 Å². The van der Waals surface area contributed by atoms with Gasteiger partial charge in [-0.1, -0.05) is 29.8 Å². The molecule has 1 fully saturated rings. The van der Waals surface area contributed by atoms with E-state index in [2.05, 4.69) is 0 Å². The topological polar surface area (TPSA) is 83.9 Å². The molecule has 0 unspecified atom stereocenters. The van der Waals surface area contributed by atoms with Crippen LogP contribution in [0.25, 0.3) is 20.5 Å². The van der Waals surface area contributed by atoms with Crippen molar-refractivity contribution >= 4 is 48.8 Å². The Kier molecular flexibility index (Phi) is 6.40. The summed E-state index contributed by atoms with van der Waals surface area (Å²) in [6, 6.07) is 14.5. The highest BCUT2D eigenvalue weighted by Crippen LogP contribution is 2.40.